The minimum Gasteiger partial charge on any atom is -0.308 e. The third-order valence-corrected chi connectivity index (χ3v) is 3.26. The van der Waals surface area contributed by atoms with Gasteiger partial charge in [0.1, 0.15) is 0 Å². The fraction of sp³-hybridized carbons (Fsp3) is 0.133. The van der Waals surface area contributed by atoms with Gasteiger partial charge in [0, 0.05) is 17.8 Å². The lowest BCUT2D eigenvalue weighted by Crippen LogP contribution is -2.14. The summed E-state index contributed by atoms with van der Waals surface area (Å²) in [6, 6.07) is 6.61. The average molecular weight is 320 g/mol. The summed E-state index contributed by atoms with van der Waals surface area (Å²) in [7, 11) is 0. The number of pyridine rings is 1. The number of H-pyrrole nitrogens is 1. The monoisotopic (exact) mass is 320 g/mol. The number of alkyl halides is 3. The molecule has 23 heavy (non-hydrogen) atoms. The van der Waals surface area contributed by atoms with Crippen molar-refractivity contribution < 1.29 is 18.0 Å². The van der Waals surface area contributed by atoms with Crippen LogP contribution < -0.4 is 5.32 Å². The molecule has 0 fully saturated rings. The lowest BCUT2D eigenvalue weighted by Gasteiger charge is -2.06. The number of carbonyl (C=O) groups excluding carboxylic acids is 1. The van der Waals surface area contributed by atoms with Crippen molar-refractivity contribution in [1.29, 1.82) is 0 Å². The summed E-state index contributed by atoms with van der Waals surface area (Å²) in [5, 5.41) is 9.36. The van der Waals surface area contributed by atoms with Crippen LogP contribution in [-0.2, 0) is 17.4 Å². The summed E-state index contributed by atoms with van der Waals surface area (Å²) in [6.45, 7) is 0. The summed E-state index contributed by atoms with van der Waals surface area (Å²) in [6.07, 6.45) is -1.15. The molecule has 1 amide bonds. The van der Waals surface area contributed by atoms with Gasteiger partial charge in [0.15, 0.2) is 5.82 Å². The first-order valence-corrected chi connectivity index (χ1v) is 6.67. The first-order chi connectivity index (χ1) is 10.9. The Morgan fingerprint density at radius 3 is 2.61 bits per heavy atom. The van der Waals surface area contributed by atoms with Crippen LogP contribution in [0.5, 0.6) is 0 Å². The average Bonchev–Trinajstić information content (AvgIpc) is 2.89. The van der Waals surface area contributed by atoms with Crippen LogP contribution in [0.1, 0.15) is 11.1 Å². The van der Waals surface area contributed by atoms with Crippen LogP contribution in [0.2, 0.25) is 0 Å². The predicted octanol–water partition coefficient (Wildman–Crippen LogP) is 3.16. The standard InChI is InChI=1S/C15H11F3N4O/c16-15(17,18)10-1-2-11-12(8-10)21-22-14(11)20-13(23)7-9-3-5-19-6-4-9/h1-6,8H,7H2,(H2,20,21,22,23). The van der Waals surface area contributed by atoms with Crippen molar-refractivity contribution in [3.05, 3.63) is 53.9 Å². The Hall–Kier alpha value is -2.90. The summed E-state index contributed by atoms with van der Waals surface area (Å²) >= 11 is 0. The van der Waals surface area contributed by atoms with E-state index in [9.17, 15) is 18.0 Å². The van der Waals surface area contributed by atoms with E-state index in [1.54, 1.807) is 24.5 Å². The Morgan fingerprint density at radius 2 is 1.91 bits per heavy atom. The lowest BCUT2D eigenvalue weighted by atomic mass is 10.1. The first-order valence-electron chi connectivity index (χ1n) is 6.67. The molecule has 2 aromatic heterocycles. The van der Waals surface area contributed by atoms with E-state index in [4.69, 9.17) is 0 Å². The molecule has 0 atom stereocenters. The van der Waals surface area contributed by atoms with Gasteiger partial charge >= 0.3 is 6.18 Å². The molecule has 0 bridgehead atoms. The molecule has 0 saturated heterocycles. The van der Waals surface area contributed by atoms with E-state index >= 15 is 0 Å². The molecule has 0 radical (unpaired) electrons. The number of carbonyl (C=O) groups is 1. The second-order valence-corrected chi connectivity index (χ2v) is 4.91. The molecule has 2 N–H and O–H groups in total. The molecule has 3 aromatic rings. The molecular formula is C15H11F3N4O. The second kappa shape index (κ2) is 5.71. The van der Waals surface area contributed by atoms with E-state index in [0.29, 0.717) is 5.39 Å². The highest BCUT2D eigenvalue weighted by Crippen LogP contribution is 2.32. The Balaban J connectivity index is 1.80. The summed E-state index contributed by atoms with van der Waals surface area (Å²) in [5.74, 6) is -0.114. The van der Waals surface area contributed by atoms with Gasteiger partial charge in [-0.15, -0.1) is 0 Å². The zero-order chi connectivity index (χ0) is 16.4. The fourth-order valence-electron chi connectivity index (χ4n) is 2.15. The van der Waals surface area contributed by atoms with Crippen LogP contribution in [0.3, 0.4) is 0 Å². The number of hydrogen-bond donors (Lipinski definition) is 2. The van der Waals surface area contributed by atoms with Crippen LogP contribution in [0.15, 0.2) is 42.7 Å². The molecule has 0 aliphatic carbocycles. The van der Waals surface area contributed by atoms with Gasteiger partial charge in [-0.05, 0) is 35.9 Å². The topological polar surface area (TPSA) is 70.7 Å². The van der Waals surface area contributed by atoms with Crippen molar-refractivity contribution in [3.8, 4) is 0 Å². The van der Waals surface area contributed by atoms with E-state index in [2.05, 4.69) is 20.5 Å². The van der Waals surface area contributed by atoms with E-state index in [1.165, 1.54) is 6.07 Å². The highest BCUT2D eigenvalue weighted by Gasteiger charge is 2.30. The molecule has 0 spiro atoms. The molecule has 2 heterocycles. The van der Waals surface area contributed by atoms with Gasteiger partial charge in [0.25, 0.3) is 0 Å². The number of anilines is 1. The Kier molecular flexibility index (Phi) is 3.73. The maximum absolute atomic E-state index is 12.7. The molecule has 5 nitrogen and oxygen atoms in total. The van der Waals surface area contributed by atoms with Crippen LogP contribution in [0.4, 0.5) is 19.0 Å². The van der Waals surface area contributed by atoms with Gasteiger partial charge < -0.3 is 5.32 Å². The molecule has 0 aliphatic heterocycles. The number of benzene rings is 1. The van der Waals surface area contributed by atoms with E-state index in [0.717, 1.165) is 17.7 Å². The van der Waals surface area contributed by atoms with Gasteiger partial charge in [0.2, 0.25) is 5.91 Å². The maximum atomic E-state index is 12.7. The largest absolute Gasteiger partial charge is 0.416 e. The highest BCUT2D eigenvalue weighted by molar-refractivity contribution is 6.00. The predicted molar refractivity (Wildman–Crippen MR) is 77.7 cm³/mol. The van der Waals surface area contributed by atoms with Gasteiger partial charge in [-0.1, -0.05) is 0 Å². The highest BCUT2D eigenvalue weighted by atomic mass is 19.4. The SMILES string of the molecule is O=C(Cc1ccncc1)Nc1n[nH]c2cc(C(F)(F)F)ccc12. The number of nitrogens with zero attached hydrogens (tertiary/aromatic N) is 2. The smallest absolute Gasteiger partial charge is 0.308 e. The number of amides is 1. The van der Waals surface area contributed by atoms with E-state index in [1.807, 2.05) is 0 Å². The van der Waals surface area contributed by atoms with E-state index in [-0.39, 0.29) is 23.7 Å². The third kappa shape index (κ3) is 3.31. The summed E-state index contributed by atoms with van der Waals surface area (Å²) in [5.41, 5.74) is 0.207. The van der Waals surface area contributed by atoms with Crippen molar-refractivity contribution in [2.75, 3.05) is 5.32 Å². The lowest BCUT2D eigenvalue weighted by molar-refractivity contribution is -0.137. The first kappa shape index (κ1) is 15.0. The normalized spacial score (nSPS) is 11.6. The van der Waals surface area contributed by atoms with Gasteiger partial charge in [-0.3, -0.25) is 14.9 Å². The zero-order valence-corrected chi connectivity index (χ0v) is 11.7. The van der Waals surface area contributed by atoms with Crippen molar-refractivity contribution >= 4 is 22.6 Å². The Bertz CT molecular complexity index is 843. The molecule has 0 saturated carbocycles. The second-order valence-electron chi connectivity index (χ2n) is 4.91. The van der Waals surface area contributed by atoms with Crippen LogP contribution in [0.25, 0.3) is 10.9 Å². The summed E-state index contributed by atoms with van der Waals surface area (Å²) in [4.78, 5) is 15.8. The zero-order valence-electron chi connectivity index (χ0n) is 11.7. The number of fused-ring (bicyclic) bond motifs is 1. The Labute approximate surface area is 128 Å². The number of halogens is 3. The van der Waals surface area contributed by atoms with Crippen LogP contribution in [-0.4, -0.2) is 21.1 Å². The number of hydrogen-bond acceptors (Lipinski definition) is 3. The maximum Gasteiger partial charge on any atom is 0.416 e. The summed E-state index contributed by atoms with van der Waals surface area (Å²) < 4.78 is 38.0. The van der Waals surface area contributed by atoms with Crippen molar-refractivity contribution in [2.45, 2.75) is 12.6 Å². The molecule has 0 aliphatic rings. The van der Waals surface area contributed by atoms with E-state index < -0.39 is 11.7 Å². The van der Waals surface area contributed by atoms with Crippen molar-refractivity contribution in [3.63, 3.8) is 0 Å². The minimum absolute atomic E-state index is 0.123. The molecule has 118 valence electrons. The molecular weight excluding hydrogens is 309 g/mol. The van der Waals surface area contributed by atoms with Gasteiger partial charge in [0.05, 0.1) is 17.5 Å². The third-order valence-electron chi connectivity index (χ3n) is 3.26. The molecule has 0 unspecified atom stereocenters. The number of aromatic amines is 1. The van der Waals surface area contributed by atoms with Crippen LogP contribution in [0, 0.1) is 0 Å². The Morgan fingerprint density at radius 1 is 1.17 bits per heavy atom. The van der Waals surface area contributed by atoms with Gasteiger partial charge in [-0.25, -0.2) is 0 Å². The molecule has 8 heteroatoms. The van der Waals surface area contributed by atoms with Crippen molar-refractivity contribution in [1.82, 2.24) is 15.2 Å². The quantitative estimate of drug-likeness (QED) is 0.779. The van der Waals surface area contributed by atoms with Crippen molar-refractivity contribution in [2.24, 2.45) is 0 Å². The number of rotatable bonds is 3. The van der Waals surface area contributed by atoms with Crippen LogP contribution >= 0.6 is 0 Å². The van der Waals surface area contributed by atoms with Gasteiger partial charge in [-0.2, -0.15) is 18.3 Å². The molecule has 3 rings (SSSR count). The molecule has 1 aromatic carbocycles. The fourth-order valence-corrected chi connectivity index (χ4v) is 2.15. The minimum atomic E-state index is -4.43. The number of aromatic nitrogens is 3. The number of nitrogens with one attached hydrogen (secondary N) is 2.